The summed E-state index contributed by atoms with van der Waals surface area (Å²) in [5, 5.41) is 21.6. The zero-order valence-electron chi connectivity index (χ0n) is 11.5. The molecule has 1 unspecified atom stereocenters. The van der Waals surface area contributed by atoms with Crippen molar-refractivity contribution in [2.45, 2.75) is 46.1 Å². The predicted octanol–water partition coefficient (Wildman–Crippen LogP) is 1.01. The van der Waals surface area contributed by atoms with Crippen LogP contribution < -0.4 is 5.32 Å². The fraction of sp³-hybridized carbons (Fsp3) is 0.846. The Morgan fingerprint density at radius 3 is 2.28 bits per heavy atom. The quantitative estimate of drug-likeness (QED) is 0.663. The van der Waals surface area contributed by atoms with Gasteiger partial charge in [-0.25, -0.2) is 0 Å². The fourth-order valence-corrected chi connectivity index (χ4v) is 2.60. The lowest BCUT2D eigenvalue weighted by atomic mass is 10.0. The van der Waals surface area contributed by atoms with Crippen LogP contribution in [0.4, 0.5) is 0 Å². The van der Waals surface area contributed by atoms with Crippen LogP contribution in [0.3, 0.4) is 0 Å². The zero-order chi connectivity index (χ0) is 14.1. The summed E-state index contributed by atoms with van der Waals surface area (Å²) in [4.78, 5) is 22.9. The number of carboxylic acids is 1. The highest BCUT2D eigenvalue weighted by Crippen LogP contribution is 2.58. The minimum absolute atomic E-state index is 0.165. The highest BCUT2D eigenvalue weighted by atomic mass is 16.4. The van der Waals surface area contributed by atoms with Gasteiger partial charge in [0, 0.05) is 6.54 Å². The van der Waals surface area contributed by atoms with E-state index in [-0.39, 0.29) is 12.5 Å². The van der Waals surface area contributed by atoms with E-state index in [4.69, 9.17) is 5.11 Å². The van der Waals surface area contributed by atoms with Crippen LogP contribution in [0.5, 0.6) is 0 Å². The second-order valence-electron chi connectivity index (χ2n) is 6.08. The van der Waals surface area contributed by atoms with Gasteiger partial charge in [0.05, 0.1) is 17.4 Å². The van der Waals surface area contributed by atoms with Gasteiger partial charge in [0.2, 0.25) is 5.91 Å². The van der Waals surface area contributed by atoms with Crippen molar-refractivity contribution < 1.29 is 19.8 Å². The molecule has 0 aromatic rings. The fourth-order valence-electron chi connectivity index (χ4n) is 2.60. The van der Waals surface area contributed by atoms with E-state index in [9.17, 15) is 14.7 Å². The Morgan fingerprint density at radius 1 is 1.33 bits per heavy atom. The second-order valence-corrected chi connectivity index (χ2v) is 6.08. The monoisotopic (exact) mass is 257 g/mol. The summed E-state index contributed by atoms with van der Waals surface area (Å²) in [6.45, 7) is 7.35. The maximum Gasteiger partial charge on any atom is 0.307 e. The first kappa shape index (κ1) is 15.0. The van der Waals surface area contributed by atoms with Crippen LogP contribution >= 0.6 is 0 Å². The average Bonchev–Trinajstić information content (AvgIpc) is 2.78. The van der Waals surface area contributed by atoms with E-state index >= 15 is 0 Å². The van der Waals surface area contributed by atoms with Gasteiger partial charge in [-0.15, -0.1) is 0 Å². The molecule has 1 aliphatic carbocycles. The van der Waals surface area contributed by atoms with Crippen molar-refractivity contribution in [2.24, 2.45) is 17.3 Å². The topological polar surface area (TPSA) is 86.6 Å². The first-order chi connectivity index (χ1) is 8.13. The van der Waals surface area contributed by atoms with Crippen molar-refractivity contribution in [3.8, 4) is 0 Å². The van der Waals surface area contributed by atoms with E-state index in [1.165, 1.54) is 0 Å². The Labute approximate surface area is 108 Å². The number of amides is 1. The predicted molar refractivity (Wildman–Crippen MR) is 66.9 cm³/mol. The summed E-state index contributed by atoms with van der Waals surface area (Å²) in [6.07, 6.45) is 1.43. The Bertz CT molecular complexity index is 349. The van der Waals surface area contributed by atoms with Crippen molar-refractivity contribution in [2.75, 3.05) is 6.54 Å². The molecule has 3 atom stereocenters. The van der Waals surface area contributed by atoms with Crippen molar-refractivity contribution in [1.82, 2.24) is 5.32 Å². The van der Waals surface area contributed by atoms with Gasteiger partial charge >= 0.3 is 5.97 Å². The van der Waals surface area contributed by atoms with E-state index < -0.39 is 28.8 Å². The molecule has 1 amide bonds. The molecule has 3 N–H and O–H groups in total. The number of nitrogens with one attached hydrogen (secondary N) is 1. The van der Waals surface area contributed by atoms with Crippen LogP contribution in [0.2, 0.25) is 0 Å². The molecular weight excluding hydrogens is 234 g/mol. The highest BCUT2D eigenvalue weighted by molar-refractivity contribution is 5.91. The lowest BCUT2D eigenvalue weighted by Crippen LogP contribution is -2.41. The van der Waals surface area contributed by atoms with Crippen LogP contribution in [0.25, 0.3) is 0 Å². The van der Waals surface area contributed by atoms with E-state index in [1.807, 2.05) is 6.92 Å². The standard InChI is InChI=1S/C13H23NO4/c1-5-6-13(4,18)7-14-10(15)8-9(11(16)17)12(8,2)3/h8-9,18H,5-7H2,1-4H3,(H,14,15)(H,16,17)/t8-,9+,13?/m1/s1. The molecule has 0 radical (unpaired) electrons. The summed E-state index contributed by atoms with van der Waals surface area (Å²) >= 11 is 0. The Hall–Kier alpha value is -1.10. The summed E-state index contributed by atoms with van der Waals surface area (Å²) in [5.74, 6) is -2.31. The van der Waals surface area contributed by atoms with Gasteiger partial charge in [-0.2, -0.15) is 0 Å². The zero-order valence-corrected chi connectivity index (χ0v) is 11.5. The van der Waals surface area contributed by atoms with E-state index in [0.29, 0.717) is 6.42 Å². The molecule has 0 bridgehead atoms. The van der Waals surface area contributed by atoms with Gasteiger partial charge in [-0.3, -0.25) is 9.59 Å². The number of carbonyl (C=O) groups excluding carboxylic acids is 1. The molecule has 0 heterocycles. The molecule has 0 aromatic heterocycles. The molecule has 18 heavy (non-hydrogen) atoms. The van der Waals surface area contributed by atoms with E-state index in [0.717, 1.165) is 6.42 Å². The molecule has 0 saturated heterocycles. The molecule has 1 rings (SSSR count). The second kappa shape index (κ2) is 4.88. The third-order valence-electron chi connectivity index (χ3n) is 3.81. The number of carboxylic acid groups (broad SMARTS) is 1. The smallest absolute Gasteiger partial charge is 0.307 e. The molecule has 5 nitrogen and oxygen atoms in total. The largest absolute Gasteiger partial charge is 0.481 e. The molecule has 1 fully saturated rings. The van der Waals surface area contributed by atoms with Crippen LogP contribution in [0.15, 0.2) is 0 Å². The van der Waals surface area contributed by atoms with Crippen LogP contribution in [-0.2, 0) is 9.59 Å². The third-order valence-corrected chi connectivity index (χ3v) is 3.81. The Balaban J connectivity index is 2.51. The van der Waals surface area contributed by atoms with Crippen molar-refractivity contribution >= 4 is 11.9 Å². The molecule has 1 saturated carbocycles. The SMILES string of the molecule is CCCC(C)(O)CNC(=O)[C@H]1[C@@H](C(=O)O)C1(C)C. The van der Waals surface area contributed by atoms with Crippen LogP contribution in [-0.4, -0.2) is 34.2 Å². The normalized spacial score (nSPS) is 28.3. The summed E-state index contributed by atoms with van der Waals surface area (Å²) in [7, 11) is 0. The number of hydrogen-bond acceptors (Lipinski definition) is 3. The van der Waals surface area contributed by atoms with Gasteiger partial charge < -0.3 is 15.5 Å². The third kappa shape index (κ3) is 3.02. The summed E-state index contributed by atoms with van der Waals surface area (Å²) in [6, 6.07) is 0. The molecule has 104 valence electrons. The minimum atomic E-state index is -0.930. The Kier molecular flexibility index (Phi) is 4.05. The number of aliphatic carboxylic acids is 1. The molecule has 0 spiro atoms. The van der Waals surface area contributed by atoms with Crippen molar-refractivity contribution in [3.05, 3.63) is 0 Å². The first-order valence-electron chi connectivity index (χ1n) is 6.36. The number of hydrogen-bond donors (Lipinski definition) is 3. The number of carbonyl (C=O) groups is 2. The number of rotatable bonds is 6. The van der Waals surface area contributed by atoms with E-state index in [2.05, 4.69) is 5.32 Å². The molecule has 0 aromatic carbocycles. The minimum Gasteiger partial charge on any atom is -0.481 e. The van der Waals surface area contributed by atoms with Crippen molar-refractivity contribution in [1.29, 1.82) is 0 Å². The molecule has 1 aliphatic rings. The summed E-state index contributed by atoms with van der Waals surface area (Å²) < 4.78 is 0. The van der Waals surface area contributed by atoms with Gasteiger partial charge in [-0.1, -0.05) is 27.2 Å². The van der Waals surface area contributed by atoms with Gasteiger partial charge in [0.15, 0.2) is 0 Å². The van der Waals surface area contributed by atoms with E-state index in [1.54, 1.807) is 20.8 Å². The van der Waals surface area contributed by atoms with Crippen molar-refractivity contribution in [3.63, 3.8) is 0 Å². The Morgan fingerprint density at radius 2 is 1.89 bits per heavy atom. The lowest BCUT2D eigenvalue weighted by molar-refractivity contribution is -0.140. The van der Waals surface area contributed by atoms with Gasteiger partial charge in [-0.05, 0) is 18.8 Å². The molecular formula is C13H23NO4. The summed E-state index contributed by atoms with van der Waals surface area (Å²) in [5.41, 5.74) is -1.42. The maximum atomic E-state index is 11.9. The lowest BCUT2D eigenvalue weighted by Gasteiger charge is -2.23. The van der Waals surface area contributed by atoms with Gasteiger partial charge in [0.25, 0.3) is 0 Å². The highest BCUT2D eigenvalue weighted by Gasteiger charge is 2.65. The van der Waals surface area contributed by atoms with Crippen LogP contribution in [0, 0.1) is 17.3 Å². The van der Waals surface area contributed by atoms with Gasteiger partial charge in [0.1, 0.15) is 0 Å². The number of aliphatic hydroxyl groups is 1. The first-order valence-corrected chi connectivity index (χ1v) is 6.36. The maximum absolute atomic E-state index is 11.9. The molecule has 0 aliphatic heterocycles. The van der Waals surface area contributed by atoms with Crippen LogP contribution in [0.1, 0.15) is 40.5 Å². The molecule has 5 heteroatoms. The average molecular weight is 257 g/mol.